The number of benzene rings is 1. The molecule has 1 aliphatic carbocycles. The van der Waals surface area contributed by atoms with Gasteiger partial charge in [-0.05, 0) is 55.3 Å². The molecule has 3 rings (SSSR count). The summed E-state index contributed by atoms with van der Waals surface area (Å²) in [6.07, 6.45) is 6.61. The van der Waals surface area contributed by atoms with Gasteiger partial charge in [-0.25, -0.2) is 0 Å². The van der Waals surface area contributed by atoms with E-state index in [-0.39, 0.29) is 0 Å². The predicted molar refractivity (Wildman–Crippen MR) is 58.4 cm³/mol. The normalized spacial score (nSPS) is 25.3. The Balaban J connectivity index is 1.91. The van der Waals surface area contributed by atoms with Gasteiger partial charge in [0.1, 0.15) is 0 Å². The molecule has 74 valence electrons. The zero-order chi connectivity index (χ0) is 9.38. The first-order chi connectivity index (χ1) is 6.93. The van der Waals surface area contributed by atoms with Crippen molar-refractivity contribution in [3.05, 3.63) is 34.9 Å². The van der Waals surface area contributed by atoms with Gasteiger partial charge in [-0.2, -0.15) is 0 Å². The first-order valence-corrected chi connectivity index (χ1v) is 5.78. The SMILES string of the molecule is c1cc2c(cc1[C@H]1CCCN1)CCC2. The molecule has 0 unspecified atom stereocenters. The van der Waals surface area contributed by atoms with Crippen LogP contribution in [-0.4, -0.2) is 6.54 Å². The molecule has 1 aromatic carbocycles. The minimum atomic E-state index is 0.640. The van der Waals surface area contributed by atoms with Gasteiger partial charge in [0.2, 0.25) is 0 Å². The summed E-state index contributed by atoms with van der Waals surface area (Å²) in [6.45, 7) is 1.20. The van der Waals surface area contributed by atoms with Crippen LogP contribution in [0.3, 0.4) is 0 Å². The number of aryl methyl sites for hydroxylation is 2. The van der Waals surface area contributed by atoms with E-state index in [1.165, 1.54) is 44.2 Å². The predicted octanol–water partition coefficient (Wildman–Crippen LogP) is 2.60. The fraction of sp³-hybridized carbons (Fsp3) is 0.538. The second-order valence-corrected chi connectivity index (χ2v) is 4.53. The molecule has 1 aromatic rings. The first-order valence-electron chi connectivity index (χ1n) is 5.78. The molecule has 1 saturated heterocycles. The number of fused-ring (bicyclic) bond motifs is 1. The van der Waals surface area contributed by atoms with Gasteiger partial charge in [-0.15, -0.1) is 0 Å². The molecule has 1 N–H and O–H groups in total. The number of nitrogens with one attached hydrogen (secondary N) is 1. The maximum absolute atomic E-state index is 3.56. The van der Waals surface area contributed by atoms with E-state index in [0.717, 1.165) is 0 Å². The third-order valence-corrected chi connectivity index (χ3v) is 3.59. The van der Waals surface area contributed by atoms with Crippen LogP contribution in [0.1, 0.15) is 42.0 Å². The lowest BCUT2D eigenvalue weighted by Crippen LogP contribution is -2.12. The Morgan fingerprint density at radius 2 is 2.00 bits per heavy atom. The highest BCUT2D eigenvalue weighted by molar-refractivity contribution is 5.36. The lowest BCUT2D eigenvalue weighted by molar-refractivity contribution is 0.647. The van der Waals surface area contributed by atoms with Crippen LogP contribution in [0.4, 0.5) is 0 Å². The minimum Gasteiger partial charge on any atom is -0.310 e. The first kappa shape index (κ1) is 8.49. The topological polar surface area (TPSA) is 12.0 Å². The second kappa shape index (κ2) is 3.39. The van der Waals surface area contributed by atoms with Gasteiger partial charge in [0.25, 0.3) is 0 Å². The zero-order valence-corrected chi connectivity index (χ0v) is 8.55. The molecule has 0 saturated carbocycles. The van der Waals surface area contributed by atoms with Crippen molar-refractivity contribution >= 4 is 0 Å². The van der Waals surface area contributed by atoms with Crippen molar-refractivity contribution < 1.29 is 0 Å². The van der Waals surface area contributed by atoms with Crippen LogP contribution in [0.15, 0.2) is 18.2 Å². The van der Waals surface area contributed by atoms with Crippen LogP contribution in [-0.2, 0) is 12.8 Å². The number of hydrogen-bond donors (Lipinski definition) is 1. The lowest BCUT2D eigenvalue weighted by Gasteiger charge is -2.12. The molecule has 1 atom stereocenters. The average molecular weight is 187 g/mol. The van der Waals surface area contributed by atoms with Gasteiger partial charge in [0, 0.05) is 6.04 Å². The molecule has 0 bridgehead atoms. The Labute approximate surface area is 85.5 Å². The van der Waals surface area contributed by atoms with Crippen LogP contribution >= 0.6 is 0 Å². The standard InChI is InChI=1S/C13H17N/c1-3-10-6-7-12(9-11(10)4-1)13-5-2-8-14-13/h6-7,9,13-14H,1-5,8H2/t13-/m1/s1. The van der Waals surface area contributed by atoms with Gasteiger partial charge < -0.3 is 5.32 Å². The van der Waals surface area contributed by atoms with Crippen molar-refractivity contribution in [2.24, 2.45) is 0 Å². The molecule has 14 heavy (non-hydrogen) atoms. The summed E-state index contributed by atoms with van der Waals surface area (Å²) < 4.78 is 0. The molecule has 1 fully saturated rings. The molecular formula is C13H17N. The summed E-state index contributed by atoms with van der Waals surface area (Å²) >= 11 is 0. The minimum absolute atomic E-state index is 0.640. The highest BCUT2D eigenvalue weighted by Gasteiger charge is 2.18. The van der Waals surface area contributed by atoms with E-state index in [2.05, 4.69) is 23.5 Å². The molecular weight excluding hydrogens is 170 g/mol. The zero-order valence-electron chi connectivity index (χ0n) is 8.55. The maximum Gasteiger partial charge on any atom is 0.0320 e. The van der Waals surface area contributed by atoms with Crippen molar-refractivity contribution in [3.8, 4) is 0 Å². The number of hydrogen-bond acceptors (Lipinski definition) is 1. The van der Waals surface area contributed by atoms with Gasteiger partial charge >= 0.3 is 0 Å². The van der Waals surface area contributed by atoms with Crippen LogP contribution in [0, 0.1) is 0 Å². The van der Waals surface area contributed by atoms with E-state index < -0.39 is 0 Å². The highest BCUT2D eigenvalue weighted by Crippen LogP contribution is 2.28. The fourth-order valence-corrected chi connectivity index (χ4v) is 2.78. The van der Waals surface area contributed by atoms with Crippen molar-refractivity contribution in [3.63, 3.8) is 0 Å². The van der Waals surface area contributed by atoms with E-state index in [4.69, 9.17) is 0 Å². The Hall–Kier alpha value is -0.820. The summed E-state index contributed by atoms with van der Waals surface area (Å²) in [5.74, 6) is 0. The van der Waals surface area contributed by atoms with Crippen molar-refractivity contribution in [1.82, 2.24) is 5.32 Å². The third-order valence-electron chi connectivity index (χ3n) is 3.59. The molecule has 1 aliphatic heterocycles. The molecule has 1 heteroatoms. The maximum atomic E-state index is 3.56. The van der Waals surface area contributed by atoms with Gasteiger partial charge in [0.15, 0.2) is 0 Å². The Morgan fingerprint density at radius 1 is 1.07 bits per heavy atom. The Morgan fingerprint density at radius 3 is 2.86 bits per heavy atom. The largest absolute Gasteiger partial charge is 0.310 e. The molecule has 0 radical (unpaired) electrons. The smallest absolute Gasteiger partial charge is 0.0320 e. The monoisotopic (exact) mass is 187 g/mol. The third kappa shape index (κ3) is 1.36. The van der Waals surface area contributed by atoms with Crippen LogP contribution in [0.5, 0.6) is 0 Å². The van der Waals surface area contributed by atoms with Crippen molar-refractivity contribution in [2.75, 3.05) is 6.54 Å². The summed E-state index contributed by atoms with van der Waals surface area (Å²) in [5.41, 5.74) is 4.71. The summed E-state index contributed by atoms with van der Waals surface area (Å²) in [7, 11) is 0. The van der Waals surface area contributed by atoms with Gasteiger partial charge in [-0.3, -0.25) is 0 Å². The molecule has 0 amide bonds. The molecule has 0 spiro atoms. The van der Waals surface area contributed by atoms with Gasteiger partial charge in [0.05, 0.1) is 0 Å². The Kier molecular flexibility index (Phi) is 2.06. The van der Waals surface area contributed by atoms with E-state index in [1.54, 1.807) is 11.1 Å². The van der Waals surface area contributed by atoms with E-state index >= 15 is 0 Å². The molecule has 0 aromatic heterocycles. The lowest BCUT2D eigenvalue weighted by atomic mass is 10.0. The van der Waals surface area contributed by atoms with Crippen molar-refractivity contribution in [1.29, 1.82) is 0 Å². The van der Waals surface area contributed by atoms with Crippen LogP contribution in [0.25, 0.3) is 0 Å². The molecule has 1 nitrogen and oxygen atoms in total. The molecule has 1 heterocycles. The average Bonchev–Trinajstić information content (AvgIpc) is 2.88. The van der Waals surface area contributed by atoms with Crippen LogP contribution < -0.4 is 5.32 Å². The quantitative estimate of drug-likeness (QED) is 0.712. The highest BCUT2D eigenvalue weighted by atomic mass is 14.9. The Bertz CT molecular complexity index is 337. The summed E-state index contributed by atoms with van der Waals surface area (Å²) in [6, 6.07) is 7.75. The van der Waals surface area contributed by atoms with E-state index in [1.807, 2.05) is 0 Å². The van der Waals surface area contributed by atoms with Crippen LogP contribution in [0.2, 0.25) is 0 Å². The fourth-order valence-electron chi connectivity index (χ4n) is 2.78. The summed E-state index contributed by atoms with van der Waals surface area (Å²) in [5, 5.41) is 3.56. The van der Waals surface area contributed by atoms with Gasteiger partial charge in [-0.1, -0.05) is 18.2 Å². The van der Waals surface area contributed by atoms with E-state index in [9.17, 15) is 0 Å². The summed E-state index contributed by atoms with van der Waals surface area (Å²) in [4.78, 5) is 0. The number of rotatable bonds is 1. The van der Waals surface area contributed by atoms with E-state index in [0.29, 0.717) is 6.04 Å². The second-order valence-electron chi connectivity index (χ2n) is 4.53. The van der Waals surface area contributed by atoms with Crippen molar-refractivity contribution in [2.45, 2.75) is 38.1 Å². The molecule has 2 aliphatic rings.